The van der Waals surface area contributed by atoms with Crippen molar-refractivity contribution >= 4 is 22.3 Å². The fourth-order valence-corrected chi connectivity index (χ4v) is 3.73. The van der Waals surface area contributed by atoms with Gasteiger partial charge in [0.15, 0.2) is 0 Å². The number of aliphatic imine (C=N–C) groups is 1. The van der Waals surface area contributed by atoms with Crippen molar-refractivity contribution in [3.05, 3.63) is 0 Å². The van der Waals surface area contributed by atoms with Gasteiger partial charge in [-0.25, -0.2) is 0 Å². The quantitative estimate of drug-likeness (QED) is 0.432. The molecule has 1 aliphatic carbocycles. The molecule has 7 heteroatoms. The Kier molecular flexibility index (Phi) is 2.54. The number of amides is 1. The number of nitrogens with zero attached hydrogens (tertiary/aromatic N) is 2. The van der Waals surface area contributed by atoms with Gasteiger partial charge in [-0.3, -0.25) is 4.79 Å². The molecule has 1 heterocycles. The van der Waals surface area contributed by atoms with Crippen LogP contribution in [-0.2, 0) is 16.0 Å². The van der Waals surface area contributed by atoms with Crippen molar-refractivity contribution in [3.63, 3.8) is 0 Å². The van der Waals surface area contributed by atoms with Crippen LogP contribution in [0.5, 0.6) is 0 Å². The molecular formula is C8H10N4O2S. The molecule has 1 aliphatic heterocycles. The SMILES string of the molecule is N#CN=C1NC2C(C(N)=O)CCC2[S+]1[O-]. The standard InChI is InChI=1S/C8H10N4O2S/c9-3-11-8-12-6-4(7(10)13)1-2-5(6)15(8)14/h4-6H,1-2H2,(H2,10,13)(H,11,12). The van der Waals surface area contributed by atoms with Crippen LogP contribution in [0.15, 0.2) is 4.99 Å². The topological polar surface area (TPSA) is 114 Å². The van der Waals surface area contributed by atoms with Crippen LogP contribution in [0.25, 0.3) is 0 Å². The first kappa shape index (κ1) is 10.3. The monoisotopic (exact) mass is 226 g/mol. The zero-order chi connectivity index (χ0) is 11.0. The van der Waals surface area contributed by atoms with E-state index in [1.54, 1.807) is 6.19 Å². The van der Waals surface area contributed by atoms with Gasteiger partial charge in [0.2, 0.25) is 12.1 Å². The Hall–Kier alpha value is -1.26. The molecule has 0 aromatic rings. The molecule has 1 saturated heterocycles. The lowest BCUT2D eigenvalue weighted by molar-refractivity contribution is -0.122. The van der Waals surface area contributed by atoms with Gasteiger partial charge in [0, 0.05) is 11.2 Å². The molecule has 1 amide bonds. The minimum Gasteiger partial charge on any atom is -0.609 e. The van der Waals surface area contributed by atoms with E-state index < -0.39 is 11.2 Å². The highest BCUT2D eigenvalue weighted by Gasteiger charge is 2.53. The van der Waals surface area contributed by atoms with Crippen LogP contribution in [0.1, 0.15) is 12.8 Å². The van der Waals surface area contributed by atoms with E-state index in [2.05, 4.69) is 10.3 Å². The lowest BCUT2D eigenvalue weighted by Gasteiger charge is -2.11. The van der Waals surface area contributed by atoms with E-state index in [0.717, 1.165) is 0 Å². The van der Waals surface area contributed by atoms with Gasteiger partial charge < -0.3 is 15.6 Å². The summed E-state index contributed by atoms with van der Waals surface area (Å²) >= 11 is -1.29. The number of rotatable bonds is 1. The highest BCUT2D eigenvalue weighted by Crippen LogP contribution is 2.35. The maximum absolute atomic E-state index is 11.8. The number of carbonyl (C=O) groups is 1. The van der Waals surface area contributed by atoms with Gasteiger partial charge in [-0.15, -0.1) is 4.99 Å². The molecule has 0 spiro atoms. The second kappa shape index (κ2) is 3.72. The Balaban J connectivity index is 2.20. The number of hydrogen-bond acceptors (Lipinski definition) is 4. The smallest absolute Gasteiger partial charge is 0.327 e. The van der Waals surface area contributed by atoms with E-state index in [9.17, 15) is 9.35 Å². The van der Waals surface area contributed by atoms with E-state index in [1.165, 1.54) is 0 Å². The largest absolute Gasteiger partial charge is 0.609 e. The summed E-state index contributed by atoms with van der Waals surface area (Å²) in [5.74, 6) is -0.685. The van der Waals surface area contributed by atoms with E-state index >= 15 is 0 Å². The Morgan fingerprint density at radius 2 is 2.47 bits per heavy atom. The van der Waals surface area contributed by atoms with Crippen LogP contribution in [0.4, 0.5) is 0 Å². The molecule has 2 aliphatic rings. The average Bonchev–Trinajstić information content (AvgIpc) is 2.69. The molecule has 0 aromatic heterocycles. The first-order valence-corrected chi connectivity index (χ1v) is 5.79. The molecule has 3 N–H and O–H groups in total. The van der Waals surface area contributed by atoms with Gasteiger partial charge >= 0.3 is 5.17 Å². The van der Waals surface area contributed by atoms with Crippen LogP contribution in [0.2, 0.25) is 0 Å². The number of fused-ring (bicyclic) bond motifs is 1. The lowest BCUT2D eigenvalue weighted by Crippen LogP contribution is -2.40. The molecule has 0 bridgehead atoms. The summed E-state index contributed by atoms with van der Waals surface area (Å²) in [6, 6.07) is -0.213. The lowest BCUT2D eigenvalue weighted by atomic mass is 10.0. The summed E-state index contributed by atoms with van der Waals surface area (Å²) in [4.78, 5) is 14.5. The zero-order valence-corrected chi connectivity index (χ0v) is 8.66. The number of amidine groups is 1. The Morgan fingerprint density at radius 1 is 1.73 bits per heavy atom. The van der Waals surface area contributed by atoms with E-state index in [1.807, 2.05) is 0 Å². The Morgan fingerprint density at radius 3 is 3.07 bits per heavy atom. The molecule has 4 unspecified atom stereocenters. The zero-order valence-electron chi connectivity index (χ0n) is 7.84. The molecule has 2 fully saturated rings. The van der Waals surface area contributed by atoms with Crippen LogP contribution in [0, 0.1) is 17.4 Å². The molecule has 80 valence electrons. The predicted molar refractivity (Wildman–Crippen MR) is 53.8 cm³/mol. The minimum atomic E-state index is -1.29. The maximum atomic E-state index is 11.8. The van der Waals surface area contributed by atoms with Gasteiger partial charge in [0.05, 0.1) is 12.0 Å². The third kappa shape index (κ3) is 1.56. The average molecular weight is 226 g/mol. The number of nitrogens with two attached hydrogens (primary N) is 1. The second-order valence-corrected chi connectivity index (χ2v) is 5.20. The third-order valence-electron chi connectivity index (χ3n) is 2.87. The fourth-order valence-electron chi connectivity index (χ4n) is 2.18. The molecule has 15 heavy (non-hydrogen) atoms. The van der Waals surface area contributed by atoms with Gasteiger partial charge in [0.25, 0.3) is 0 Å². The molecule has 0 radical (unpaired) electrons. The predicted octanol–water partition coefficient (Wildman–Crippen LogP) is -1.19. The summed E-state index contributed by atoms with van der Waals surface area (Å²) in [6.45, 7) is 0. The fraction of sp³-hybridized carbons (Fsp3) is 0.625. The molecule has 1 saturated carbocycles. The van der Waals surface area contributed by atoms with Crippen molar-refractivity contribution in [2.75, 3.05) is 0 Å². The van der Waals surface area contributed by atoms with Crippen LogP contribution < -0.4 is 11.1 Å². The van der Waals surface area contributed by atoms with E-state index in [-0.39, 0.29) is 28.3 Å². The molecule has 6 nitrogen and oxygen atoms in total. The number of primary amides is 1. The molecular weight excluding hydrogens is 216 g/mol. The van der Waals surface area contributed by atoms with Crippen LogP contribution >= 0.6 is 0 Å². The number of nitriles is 1. The molecule has 4 atom stereocenters. The van der Waals surface area contributed by atoms with Crippen molar-refractivity contribution in [2.24, 2.45) is 16.6 Å². The van der Waals surface area contributed by atoms with Gasteiger partial charge in [0.1, 0.15) is 5.25 Å². The maximum Gasteiger partial charge on any atom is 0.327 e. The first-order chi connectivity index (χ1) is 7.15. The van der Waals surface area contributed by atoms with E-state index in [4.69, 9.17) is 11.0 Å². The highest BCUT2D eigenvalue weighted by atomic mass is 32.2. The van der Waals surface area contributed by atoms with Gasteiger partial charge in [-0.05, 0) is 12.8 Å². The number of hydrogen-bond donors (Lipinski definition) is 2. The summed E-state index contributed by atoms with van der Waals surface area (Å²) in [7, 11) is 0. The molecule has 2 rings (SSSR count). The van der Waals surface area contributed by atoms with Crippen molar-refractivity contribution in [1.29, 1.82) is 5.26 Å². The number of nitrogens with one attached hydrogen (secondary N) is 1. The summed E-state index contributed by atoms with van der Waals surface area (Å²) in [6.07, 6.45) is 2.93. The summed E-state index contributed by atoms with van der Waals surface area (Å²) in [5.41, 5.74) is 5.24. The van der Waals surface area contributed by atoms with E-state index in [0.29, 0.717) is 12.8 Å². The Bertz CT molecular complexity index is 364. The van der Waals surface area contributed by atoms with Crippen LogP contribution in [0.3, 0.4) is 0 Å². The Labute approximate surface area is 89.7 Å². The third-order valence-corrected chi connectivity index (χ3v) is 4.54. The summed E-state index contributed by atoms with van der Waals surface area (Å²) in [5, 5.41) is 11.3. The first-order valence-electron chi connectivity index (χ1n) is 4.58. The van der Waals surface area contributed by atoms with Crippen LogP contribution in [-0.4, -0.2) is 26.9 Å². The normalized spacial score (nSPS) is 40.9. The second-order valence-electron chi connectivity index (χ2n) is 3.61. The van der Waals surface area contributed by atoms with Gasteiger partial charge in [-0.2, -0.15) is 5.26 Å². The van der Waals surface area contributed by atoms with Gasteiger partial charge in [-0.1, -0.05) is 0 Å². The highest BCUT2D eigenvalue weighted by molar-refractivity contribution is 8.07. The number of carbonyl (C=O) groups excluding carboxylic acids is 1. The summed E-state index contributed by atoms with van der Waals surface area (Å²) < 4.78 is 11.8. The van der Waals surface area contributed by atoms with Crippen molar-refractivity contribution < 1.29 is 9.35 Å². The minimum absolute atomic E-state index is 0.130. The van der Waals surface area contributed by atoms with Crippen molar-refractivity contribution in [2.45, 2.75) is 24.1 Å². The van der Waals surface area contributed by atoms with Crippen molar-refractivity contribution in [3.8, 4) is 6.19 Å². The van der Waals surface area contributed by atoms with Crippen molar-refractivity contribution in [1.82, 2.24) is 5.32 Å². The molecule has 0 aromatic carbocycles.